The molecule has 0 fully saturated rings. The van der Waals surface area contributed by atoms with E-state index in [9.17, 15) is 0 Å². The summed E-state index contributed by atoms with van der Waals surface area (Å²) in [4.78, 5) is 0. The molecule has 0 aromatic carbocycles. The highest BCUT2D eigenvalue weighted by Crippen LogP contribution is 2.24. The SMILES string of the molecule is N#CCCCOC1=C(C#N)CCCCC1. The third-order valence-electron chi connectivity index (χ3n) is 2.51. The summed E-state index contributed by atoms with van der Waals surface area (Å²) in [5, 5.41) is 17.3. The first-order chi connectivity index (χ1) is 7.38. The lowest BCUT2D eigenvalue weighted by molar-refractivity contribution is 0.197. The van der Waals surface area contributed by atoms with Crippen molar-refractivity contribution in [2.75, 3.05) is 6.61 Å². The molecule has 0 aromatic rings. The Balaban J connectivity index is 2.44. The molecule has 3 nitrogen and oxygen atoms in total. The standard InChI is InChI=1S/C12H16N2O/c13-8-4-5-9-15-12-7-3-1-2-6-11(12)10-14/h1-7,9H2. The molecule has 80 valence electrons. The summed E-state index contributed by atoms with van der Waals surface area (Å²) < 4.78 is 5.57. The molecule has 0 saturated heterocycles. The third kappa shape index (κ3) is 4.04. The Kier molecular flexibility index (Phi) is 5.33. The van der Waals surface area contributed by atoms with Crippen molar-refractivity contribution in [1.29, 1.82) is 10.5 Å². The highest BCUT2D eigenvalue weighted by Gasteiger charge is 2.11. The molecular formula is C12H16N2O. The van der Waals surface area contributed by atoms with Gasteiger partial charge in [-0.25, -0.2) is 0 Å². The molecule has 1 rings (SSSR count). The van der Waals surface area contributed by atoms with E-state index in [0.29, 0.717) is 13.0 Å². The molecule has 0 bridgehead atoms. The average molecular weight is 204 g/mol. The number of rotatable bonds is 4. The van der Waals surface area contributed by atoms with E-state index in [4.69, 9.17) is 15.3 Å². The summed E-state index contributed by atoms with van der Waals surface area (Å²) in [5.74, 6) is 0.868. The Labute approximate surface area is 91.0 Å². The van der Waals surface area contributed by atoms with Crippen LogP contribution >= 0.6 is 0 Å². The fourth-order valence-electron chi connectivity index (χ4n) is 1.68. The summed E-state index contributed by atoms with van der Waals surface area (Å²) in [7, 11) is 0. The molecule has 3 heteroatoms. The molecule has 0 unspecified atom stereocenters. The molecular weight excluding hydrogens is 188 g/mol. The van der Waals surface area contributed by atoms with Crippen molar-refractivity contribution >= 4 is 0 Å². The van der Waals surface area contributed by atoms with Gasteiger partial charge >= 0.3 is 0 Å². The molecule has 0 heterocycles. The van der Waals surface area contributed by atoms with Gasteiger partial charge in [0, 0.05) is 12.8 Å². The minimum Gasteiger partial charge on any atom is -0.497 e. The van der Waals surface area contributed by atoms with Crippen molar-refractivity contribution < 1.29 is 4.74 Å². The zero-order valence-corrected chi connectivity index (χ0v) is 8.96. The molecule has 0 saturated carbocycles. The van der Waals surface area contributed by atoms with Gasteiger partial charge in [-0.1, -0.05) is 6.42 Å². The molecule has 0 atom stereocenters. The quantitative estimate of drug-likeness (QED) is 0.661. The minimum atomic E-state index is 0.523. The summed E-state index contributed by atoms with van der Waals surface area (Å²) in [6.07, 6.45) is 6.39. The van der Waals surface area contributed by atoms with Crippen LogP contribution in [0.15, 0.2) is 11.3 Å². The van der Waals surface area contributed by atoms with E-state index < -0.39 is 0 Å². The molecule has 0 radical (unpaired) electrons. The monoisotopic (exact) mass is 204 g/mol. The first-order valence-electron chi connectivity index (χ1n) is 5.50. The molecule has 0 N–H and O–H groups in total. The first kappa shape index (κ1) is 11.6. The van der Waals surface area contributed by atoms with E-state index in [1.54, 1.807) is 0 Å². The van der Waals surface area contributed by atoms with Crippen molar-refractivity contribution in [1.82, 2.24) is 0 Å². The van der Waals surface area contributed by atoms with Crippen LogP contribution in [-0.2, 0) is 4.74 Å². The van der Waals surface area contributed by atoms with E-state index in [1.807, 2.05) is 0 Å². The van der Waals surface area contributed by atoms with Gasteiger partial charge in [-0.2, -0.15) is 10.5 Å². The fraction of sp³-hybridized carbons (Fsp3) is 0.667. The van der Waals surface area contributed by atoms with Gasteiger partial charge in [-0.15, -0.1) is 0 Å². The average Bonchev–Trinajstić information content (AvgIpc) is 2.49. The summed E-state index contributed by atoms with van der Waals surface area (Å²) >= 11 is 0. The van der Waals surface area contributed by atoms with Crippen molar-refractivity contribution in [2.45, 2.75) is 44.9 Å². The van der Waals surface area contributed by atoms with Crippen LogP contribution in [0.5, 0.6) is 0 Å². The van der Waals surface area contributed by atoms with Crippen LogP contribution in [0.4, 0.5) is 0 Å². The predicted molar refractivity (Wildman–Crippen MR) is 56.5 cm³/mol. The van der Waals surface area contributed by atoms with Gasteiger partial charge in [0.25, 0.3) is 0 Å². The molecule has 0 aliphatic heterocycles. The summed E-state index contributed by atoms with van der Waals surface area (Å²) in [6, 6.07) is 4.31. The van der Waals surface area contributed by atoms with Crippen LogP contribution in [0.25, 0.3) is 0 Å². The summed E-state index contributed by atoms with van der Waals surface area (Å²) in [5.41, 5.74) is 0.810. The lowest BCUT2D eigenvalue weighted by Crippen LogP contribution is -1.98. The Morgan fingerprint density at radius 1 is 1.13 bits per heavy atom. The zero-order valence-electron chi connectivity index (χ0n) is 8.96. The predicted octanol–water partition coefficient (Wildman–Crippen LogP) is 3.05. The zero-order chi connectivity index (χ0) is 10.9. The van der Waals surface area contributed by atoms with E-state index in [2.05, 4.69) is 12.1 Å². The Bertz CT molecular complexity index is 307. The summed E-state index contributed by atoms with van der Waals surface area (Å²) in [6.45, 7) is 0.564. The lowest BCUT2D eigenvalue weighted by Gasteiger charge is -2.09. The van der Waals surface area contributed by atoms with Crippen LogP contribution in [-0.4, -0.2) is 6.61 Å². The van der Waals surface area contributed by atoms with Crippen LogP contribution in [0, 0.1) is 22.7 Å². The van der Waals surface area contributed by atoms with Gasteiger partial charge in [-0.3, -0.25) is 0 Å². The molecule has 0 spiro atoms. The molecule has 15 heavy (non-hydrogen) atoms. The normalized spacial score (nSPS) is 16.4. The van der Waals surface area contributed by atoms with Crippen LogP contribution in [0.2, 0.25) is 0 Å². The second kappa shape index (κ2) is 6.90. The van der Waals surface area contributed by atoms with Crippen molar-refractivity contribution in [3.8, 4) is 12.1 Å². The number of nitriles is 2. The van der Waals surface area contributed by atoms with Gasteiger partial charge in [0.1, 0.15) is 5.76 Å². The van der Waals surface area contributed by atoms with E-state index >= 15 is 0 Å². The van der Waals surface area contributed by atoms with Gasteiger partial charge in [0.2, 0.25) is 0 Å². The second-order valence-electron chi connectivity index (χ2n) is 3.68. The highest BCUT2D eigenvalue weighted by atomic mass is 16.5. The number of allylic oxidation sites excluding steroid dienone is 2. The van der Waals surface area contributed by atoms with Crippen LogP contribution in [0.1, 0.15) is 44.9 Å². The maximum Gasteiger partial charge on any atom is 0.110 e. The first-order valence-corrected chi connectivity index (χ1v) is 5.50. The molecule has 1 aliphatic rings. The Morgan fingerprint density at radius 3 is 2.67 bits per heavy atom. The number of unbranched alkanes of at least 4 members (excludes halogenated alkanes) is 1. The van der Waals surface area contributed by atoms with Crippen LogP contribution < -0.4 is 0 Å². The maximum atomic E-state index is 8.95. The number of ether oxygens (including phenoxy) is 1. The number of hydrogen-bond acceptors (Lipinski definition) is 3. The maximum absolute atomic E-state index is 8.95. The second-order valence-corrected chi connectivity index (χ2v) is 3.68. The Morgan fingerprint density at radius 2 is 1.93 bits per heavy atom. The fourth-order valence-corrected chi connectivity index (χ4v) is 1.68. The van der Waals surface area contributed by atoms with Gasteiger partial charge in [0.15, 0.2) is 0 Å². The van der Waals surface area contributed by atoms with Crippen molar-refractivity contribution in [2.24, 2.45) is 0 Å². The Hall–Kier alpha value is -1.48. The molecule has 0 aromatic heterocycles. The minimum absolute atomic E-state index is 0.523. The lowest BCUT2D eigenvalue weighted by atomic mass is 10.1. The van der Waals surface area contributed by atoms with E-state index in [1.165, 1.54) is 6.42 Å². The topological polar surface area (TPSA) is 56.8 Å². The molecule has 1 aliphatic carbocycles. The van der Waals surface area contributed by atoms with Gasteiger partial charge in [0.05, 0.1) is 24.3 Å². The highest BCUT2D eigenvalue weighted by molar-refractivity contribution is 5.25. The van der Waals surface area contributed by atoms with Crippen molar-refractivity contribution in [3.05, 3.63) is 11.3 Å². The van der Waals surface area contributed by atoms with Crippen LogP contribution in [0.3, 0.4) is 0 Å². The van der Waals surface area contributed by atoms with Crippen molar-refractivity contribution in [3.63, 3.8) is 0 Å². The number of nitrogens with zero attached hydrogens (tertiary/aromatic N) is 2. The third-order valence-corrected chi connectivity index (χ3v) is 2.51. The van der Waals surface area contributed by atoms with E-state index in [-0.39, 0.29) is 0 Å². The van der Waals surface area contributed by atoms with Gasteiger partial charge in [-0.05, 0) is 25.7 Å². The van der Waals surface area contributed by atoms with Gasteiger partial charge < -0.3 is 4.74 Å². The van der Waals surface area contributed by atoms with E-state index in [0.717, 1.165) is 43.4 Å². The smallest absolute Gasteiger partial charge is 0.110 e. The number of hydrogen-bond donors (Lipinski definition) is 0. The largest absolute Gasteiger partial charge is 0.497 e. The molecule has 0 amide bonds.